The van der Waals surface area contributed by atoms with Crippen molar-refractivity contribution in [2.45, 2.75) is 25.5 Å². The summed E-state index contributed by atoms with van der Waals surface area (Å²) in [6.07, 6.45) is 2.48. The highest BCUT2D eigenvalue weighted by molar-refractivity contribution is 5.92. The maximum atomic E-state index is 12.6. The van der Waals surface area contributed by atoms with E-state index < -0.39 is 6.10 Å². The summed E-state index contributed by atoms with van der Waals surface area (Å²) in [7, 11) is 1.64. The summed E-state index contributed by atoms with van der Waals surface area (Å²) in [5, 5.41) is 15.9. The van der Waals surface area contributed by atoms with Gasteiger partial charge in [0.25, 0.3) is 5.91 Å². The molecule has 2 aliphatic rings. The minimum absolute atomic E-state index is 0.0155. The third kappa shape index (κ3) is 6.34. The number of nitrogens with zero attached hydrogens (tertiary/aromatic N) is 4. The maximum Gasteiger partial charge on any atom is 0.270 e. The van der Waals surface area contributed by atoms with Gasteiger partial charge in [-0.05, 0) is 36.0 Å². The molecule has 1 aromatic heterocycles. The highest BCUT2D eigenvalue weighted by Gasteiger charge is 2.28. The predicted octanol–water partition coefficient (Wildman–Crippen LogP) is -0.154. The van der Waals surface area contributed by atoms with Crippen LogP contribution >= 0.6 is 0 Å². The smallest absolute Gasteiger partial charge is 0.270 e. The molecule has 0 bridgehead atoms. The highest BCUT2D eigenvalue weighted by atomic mass is 16.3. The van der Waals surface area contributed by atoms with E-state index in [9.17, 15) is 14.7 Å². The summed E-state index contributed by atoms with van der Waals surface area (Å²) in [6.45, 7) is 4.50. The standard InChI is InChI=1S/C24H32N6O3/c1-25-23(32)15-30-11-17(12-30)8-20-9-22(28-16-27-20)24(33)26-10-21(31)14-29-7-6-18-4-2-3-5-19(18)13-29/h2-5,9,16-17,21,31H,6-8,10-15H2,1H3,(H,25,32)(H,26,33)/t21-/m0/s1. The van der Waals surface area contributed by atoms with E-state index in [1.54, 1.807) is 13.1 Å². The monoisotopic (exact) mass is 452 g/mol. The lowest BCUT2D eigenvalue weighted by Gasteiger charge is -2.38. The number of nitrogens with one attached hydrogen (secondary N) is 2. The molecule has 0 unspecified atom stereocenters. The van der Waals surface area contributed by atoms with E-state index in [1.807, 2.05) is 6.07 Å². The molecule has 2 aromatic rings. The van der Waals surface area contributed by atoms with Gasteiger partial charge in [-0.3, -0.25) is 19.4 Å². The van der Waals surface area contributed by atoms with E-state index in [0.717, 1.165) is 44.7 Å². The second-order valence-electron chi connectivity index (χ2n) is 8.95. The molecule has 0 aliphatic carbocycles. The molecule has 3 N–H and O–H groups in total. The lowest BCUT2D eigenvalue weighted by Crippen LogP contribution is -2.51. The summed E-state index contributed by atoms with van der Waals surface area (Å²) in [4.78, 5) is 36.7. The Kier molecular flexibility index (Phi) is 7.64. The van der Waals surface area contributed by atoms with Gasteiger partial charge in [0.2, 0.25) is 5.91 Å². The summed E-state index contributed by atoms with van der Waals surface area (Å²) in [6, 6.07) is 10.1. The average molecular weight is 453 g/mol. The van der Waals surface area contributed by atoms with Gasteiger partial charge in [-0.15, -0.1) is 0 Å². The number of aromatic nitrogens is 2. The number of carbonyl (C=O) groups is 2. The number of likely N-dealkylation sites (tertiary alicyclic amines) is 1. The summed E-state index contributed by atoms with van der Waals surface area (Å²) >= 11 is 0. The molecule has 3 heterocycles. The Morgan fingerprint density at radius 1 is 1.18 bits per heavy atom. The third-order valence-electron chi connectivity index (χ3n) is 6.31. The fourth-order valence-corrected chi connectivity index (χ4v) is 4.52. The van der Waals surface area contributed by atoms with Gasteiger partial charge < -0.3 is 15.7 Å². The van der Waals surface area contributed by atoms with E-state index in [2.05, 4.69) is 48.6 Å². The Morgan fingerprint density at radius 3 is 2.76 bits per heavy atom. The van der Waals surface area contributed by atoms with Crippen LogP contribution in [0.15, 0.2) is 36.7 Å². The van der Waals surface area contributed by atoms with Gasteiger partial charge in [0, 0.05) is 52.0 Å². The second-order valence-corrected chi connectivity index (χ2v) is 8.95. The van der Waals surface area contributed by atoms with Crippen LogP contribution < -0.4 is 10.6 Å². The van der Waals surface area contributed by atoms with Crippen molar-refractivity contribution >= 4 is 11.8 Å². The van der Waals surface area contributed by atoms with E-state index in [-0.39, 0.29) is 18.4 Å². The number of likely N-dealkylation sites (N-methyl/N-ethyl adjacent to an activating group) is 1. The quantitative estimate of drug-likeness (QED) is 0.485. The Balaban J connectivity index is 1.20. The number of rotatable bonds is 9. The molecule has 0 radical (unpaired) electrons. The van der Waals surface area contributed by atoms with Crippen LogP contribution in [0.3, 0.4) is 0 Å². The summed E-state index contributed by atoms with van der Waals surface area (Å²) in [5.41, 5.74) is 3.79. The SMILES string of the molecule is CNC(=O)CN1CC(Cc2cc(C(=O)NC[C@H](O)CN3CCc4ccccc4C3)ncn2)C1. The molecule has 4 rings (SSSR count). The van der Waals surface area contributed by atoms with Gasteiger partial charge >= 0.3 is 0 Å². The first-order valence-electron chi connectivity index (χ1n) is 11.5. The van der Waals surface area contributed by atoms with Crippen molar-refractivity contribution in [2.75, 3.05) is 46.3 Å². The van der Waals surface area contributed by atoms with Crippen LogP contribution in [0, 0.1) is 5.92 Å². The largest absolute Gasteiger partial charge is 0.390 e. The van der Waals surface area contributed by atoms with Crippen molar-refractivity contribution in [3.63, 3.8) is 0 Å². The zero-order valence-electron chi connectivity index (χ0n) is 19.0. The number of benzene rings is 1. The zero-order chi connectivity index (χ0) is 23.2. The number of fused-ring (bicyclic) bond motifs is 1. The van der Waals surface area contributed by atoms with Crippen LogP contribution in [-0.2, 0) is 24.2 Å². The molecule has 2 amide bonds. The number of hydrogen-bond acceptors (Lipinski definition) is 7. The molecule has 0 saturated carbocycles. The second kappa shape index (κ2) is 10.8. The number of β-amino-alcohol motifs (C(OH)–C–C–N with tert-alkyl or cyclic N) is 1. The van der Waals surface area contributed by atoms with Gasteiger partial charge in [0.05, 0.1) is 12.6 Å². The molecule has 0 spiro atoms. The van der Waals surface area contributed by atoms with Gasteiger partial charge in [-0.1, -0.05) is 24.3 Å². The zero-order valence-corrected chi connectivity index (χ0v) is 19.0. The fourth-order valence-electron chi connectivity index (χ4n) is 4.52. The lowest BCUT2D eigenvalue weighted by atomic mass is 9.94. The third-order valence-corrected chi connectivity index (χ3v) is 6.31. The molecular formula is C24H32N6O3. The van der Waals surface area contributed by atoms with E-state index in [1.165, 1.54) is 17.5 Å². The lowest BCUT2D eigenvalue weighted by molar-refractivity contribution is -0.123. The molecule has 9 heteroatoms. The number of aliphatic hydroxyl groups excluding tert-OH is 1. The van der Waals surface area contributed by atoms with Crippen molar-refractivity contribution in [3.8, 4) is 0 Å². The van der Waals surface area contributed by atoms with Gasteiger partial charge in [0.1, 0.15) is 12.0 Å². The van der Waals surface area contributed by atoms with E-state index in [0.29, 0.717) is 24.7 Å². The van der Waals surface area contributed by atoms with Gasteiger partial charge in [-0.25, -0.2) is 9.97 Å². The molecule has 2 aliphatic heterocycles. The number of hydrogen-bond donors (Lipinski definition) is 3. The topological polar surface area (TPSA) is 111 Å². The minimum Gasteiger partial charge on any atom is -0.390 e. The number of amides is 2. The summed E-state index contributed by atoms with van der Waals surface area (Å²) in [5.74, 6) is 0.121. The van der Waals surface area contributed by atoms with Crippen LogP contribution in [0.4, 0.5) is 0 Å². The predicted molar refractivity (Wildman–Crippen MR) is 123 cm³/mol. The molecule has 176 valence electrons. The van der Waals surface area contributed by atoms with Crippen LogP contribution in [0.2, 0.25) is 0 Å². The van der Waals surface area contributed by atoms with Crippen LogP contribution in [0.1, 0.15) is 27.3 Å². The van der Waals surface area contributed by atoms with Crippen molar-refractivity contribution < 1.29 is 14.7 Å². The normalized spacial score (nSPS) is 17.6. The minimum atomic E-state index is -0.651. The molecule has 1 aromatic carbocycles. The highest BCUT2D eigenvalue weighted by Crippen LogP contribution is 2.20. The van der Waals surface area contributed by atoms with Crippen LogP contribution in [-0.4, -0.2) is 89.1 Å². The van der Waals surface area contributed by atoms with Gasteiger partial charge in [0.15, 0.2) is 0 Å². The number of carbonyl (C=O) groups excluding carboxylic acids is 2. The molecule has 33 heavy (non-hydrogen) atoms. The van der Waals surface area contributed by atoms with E-state index in [4.69, 9.17) is 0 Å². The van der Waals surface area contributed by atoms with Crippen molar-refractivity contribution in [2.24, 2.45) is 5.92 Å². The first-order chi connectivity index (χ1) is 16.0. The van der Waals surface area contributed by atoms with Crippen molar-refractivity contribution in [1.82, 2.24) is 30.4 Å². The Bertz CT molecular complexity index is 978. The number of aliphatic hydroxyl groups is 1. The molecule has 1 fully saturated rings. The molecule has 1 atom stereocenters. The maximum absolute atomic E-state index is 12.6. The Morgan fingerprint density at radius 2 is 1.97 bits per heavy atom. The van der Waals surface area contributed by atoms with Gasteiger partial charge in [-0.2, -0.15) is 0 Å². The first kappa shape index (κ1) is 23.3. The first-order valence-corrected chi connectivity index (χ1v) is 11.5. The van der Waals surface area contributed by atoms with Crippen LogP contribution in [0.5, 0.6) is 0 Å². The molecule has 9 nitrogen and oxygen atoms in total. The fraction of sp³-hybridized carbons (Fsp3) is 0.500. The Labute approximate surface area is 194 Å². The van der Waals surface area contributed by atoms with E-state index >= 15 is 0 Å². The van der Waals surface area contributed by atoms with Crippen molar-refractivity contribution in [3.05, 3.63) is 59.2 Å². The Hall–Kier alpha value is -2.88. The average Bonchev–Trinajstić information content (AvgIpc) is 2.81. The molecular weight excluding hydrogens is 420 g/mol. The summed E-state index contributed by atoms with van der Waals surface area (Å²) < 4.78 is 0. The molecule has 1 saturated heterocycles. The van der Waals surface area contributed by atoms with Crippen LogP contribution in [0.25, 0.3) is 0 Å². The van der Waals surface area contributed by atoms with Crippen molar-refractivity contribution in [1.29, 1.82) is 0 Å².